The largest absolute Gasteiger partial charge is 0.354 e. The Morgan fingerprint density at radius 3 is 2.72 bits per heavy atom. The van der Waals surface area contributed by atoms with Gasteiger partial charge in [0.15, 0.2) is 5.78 Å². The fourth-order valence-corrected chi connectivity index (χ4v) is 2.31. The molecule has 1 aromatic carbocycles. The lowest BCUT2D eigenvalue weighted by molar-refractivity contribution is -0.129. The lowest BCUT2D eigenvalue weighted by Gasteiger charge is -2.33. The van der Waals surface area contributed by atoms with Gasteiger partial charge in [-0.05, 0) is 5.56 Å². The van der Waals surface area contributed by atoms with Crippen LogP contribution in [-0.2, 0) is 9.59 Å². The van der Waals surface area contributed by atoms with Crippen molar-refractivity contribution in [3.63, 3.8) is 0 Å². The Bertz CT molecular complexity index is 431. The fraction of sp³-hybridized carbons (Fsp3) is 0.429. The highest BCUT2D eigenvalue weighted by Crippen LogP contribution is 2.23. The summed E-state index contributed by atoms with van der Waals surface area (Å²) in [6.07, 6.45) is 0.484. The number of Topliss-reactive ketones (excluding diaryl/α,β-unsaturated/α-hetero) is 1. The number of nitrogens with zero attached hydrogens (tertiary/aromatic N) is 1. The number of nitrogens with one attached hydrogen (secondary N) is 1. The molecule has 1 heterocycles. The zero-order chi connectivity index (χ0) is 13.0. The number of rotatable bonds is 4. The highest BCUT2D eigenvalue weighted by Gasteiger charge is 2.29. The highest BCUT2D eigenvalue weighted by atomic mass is 16.2. The van der Waals surface area contributed by atoms with Gasteiger partial charge in [-0.15, -0.1) is 0 Å². The molecule has 2 rings (SSSR count). The molecule has 0 aliphatic carbocycles. The van der Waals surface area contributed by atoms with E-state index in [4.69, 9.17) is 0 Å². The minimum atomic E-state index is -0.290. The number of ketones is 1. The molecule has 1 amide bonds. The van der Waals surface area contributed by atoms with E-state index in [9.17, 15) is 9.59 Å². The lowest BCUT2D eigenvalue weighted by Crippen LogP contribution is -2.50. The summed E-state index contributed by atoms with van der Waals surface area (Å²) in [7, 11) is 0. The topological polar surface area (TPSA) is 49.4 Å². The van der Waals surface area contributed by atoms with Crippen molar-refractivity contribution in [1.82, 2.24) is 10.2 Å². The average Bonchev–Trinajstić information content (AvgIpc) is 2.40. The molecule has 0 spiro atoms. The highest BCUT2D eigenvalue weighted by molar-refractivity contribution is 5.86. The third-order valence-corrected chi connectivity index (χ3v) is 3.20. The summed E-state index contributed by atoms with van der Waals surface area (Å²) in [6, 6.07) is 9.39. The Labute approximate surface area is 107 Å². The van der Waals surface area contributed by atoms with Gasteiger partial charge >= 0.3 is 0 Å². The van der Waals surface area contributed by atoms with Crippen molar-refractivity contribution in [1.29, 1.82) is 0 Å². The molecule has 1 aliphatic heterocycles. The van der Waals surface area contributed by atoms with Crippen molar-refractivity contribution in [3.05, 3.63) is 35.9 Å². The van der Waals surface area contributed by atoms with Crippen molar-refractivity contribution in [2.45, 2.75) is 19.4 Å². The van der Waals surface area contributed by atoms with E-state index in [0.717, 1.165) is 12.1 Å². The van der Waals surface area contributed by atoms with Crippen LogP contribution in [0.1, 0.15) is 24.9 Å². The third-order valence-electron chi connectivity index (χ3n) is 3.20. The quantitative estimate of drug-likeness (QED) is 0.866. The first-order valence-corrected chi connectivity index (χ1v) is 6.30. The van der Waals surface area contributed by atoms with Crippen molar-refractivity contribution in [3.8, 4) is 0 Å². The maximum Gasteiger partial charge on any atom is 0.234 e. The van der Waals surface area contributed by atoms with Gasteiger partial charge in [-0.1, -0.05) is 37.3 Å². The van der Waals surface area contributed by atoms with Gasteiger partial charge in [0, 0.05) is 19.5 Å². The first-order valence-electron chi connectivity index (χ1n) is 6.30. The molecule has 0 saturated carbocycles. The van der Waals surface area contributed by atoms with Crippen LogP contribution in [0.15, 0.2) is 30.3 Å². The molecular formula is C14H18N2O2. The van der Waals surface area contributed by atoms with Crippen molar-refractivity contribution in [2.75, 3.05) is 19.6 Å². The second-order valence-corrected chi connectivity index (χ2v) is 4.45. The van der Waals surface area contributed by atoms with Crippen LogP contribution < -0.4 is 5.32 Å². The molecule has 0 radical (unpaired) electrons. The number of benzene rings is 1. The Balaban J connectivity index is 2.25. The number of piperazine rings is 1. The smallest absolute Gasteiger partial charge is 0.234 e. The molecule has 1 fully saturated rings. The molecule has 1 aromatic rings. The number of amides is 1. The van der Waals surface area contributed by atoms with Gasteiger partial charge in [0.25, 0.3) is 0 Å². The van der Waals surface area contributed by atoms with Crippen LogP contribution in [0.2, 0.25) is 0 Å². The Morgan fingerprint density at radius 1 is 1.39 bits per heavy atom. The second kappa shape index (κ2) is 5.78. The predicted molar refractivity (Wildman–Crippen MR) is 69.1 cm³/mol. The minimum Gasteiger partial charge on any atom is -0.354 e. The SMILES string of the molecule is CCC(=O)C(c1ccccc1)N1CCNC(=O)C1. The fourth-order valence-electron chi connectivity index (χ4n) is 2.31. The van der Waals surface area contributed by atoms with Crippen LogP contribution in [0.5, 0.6) is 0 Å². The van der Waals surface area contributed by atoms with Crippen molar-refractivity contribution < 1.29 is 9.59 Å². The molecule has 1 saturated heterocycles. The van der Waals surface area contributed by atoms with Crippen LogP contribution in [0.3, 0.4) is 0 Å². The number of hydrogen-bond acceptors (Lipinski definition) is 3. The van der Waals surface area contributed by atoms with Gasteiger partial charge in [0.05, 0.1) is 12.6 Å². The maximum atomic E-state index is 12.1. The lowest BCUT2D eigenvalue weighted by atomic mass is 9.99. The maximum absolute atomic E-state index is 12.1. The second-order valence-electron chi connectivity index (χ2n) is 4.45. The molecule has 0 aromatic heterocycles. The predicted octanol–water partition coefficient (Wildman–Crippen LogP) is 1.14. The third kappa shape index (κ3) is 2.76. The van der Waals surface area contributed by atoms with E-state index in [0.29, 0.717) is 19.5 Å². The summed E-state index contributed by atoms with van der Waals surface area (Å²) in [6.45, 7) is 3.49. The summed E-state index contributed by atoms with van der Waals surface area (Å²) in [5, 5.41) is 2.78. The van der Waals surface area contributed by atoms with Gasteiger partial charge < -0.3 is 5.32 Å². The summed E-state index contributed by atoms with van der Waals surface area (Å²) >= 11 is 0. The number of hydrogen-bond donors (Lipinski definition) is 1. The van der Waals surface area contributed by atoms with Crippen molar-refractivity contribution >= 4 is 11.7 Å². The monoisotopic (exact) mass is 246 g/mol. The van der Waals surface area contributed by atoms with Gasteiger partial charge in [0.1, 0.15) is 0 Å². The minimum absolute atomic E-state index is 0.00826. The number of carbonyl (C=O) groups is 2. The van der Waals surface area contributed by atoms with Crippen LogP contribution in [0.4, 0.5) is 0 Å². The molecule has 1 N–H and O–H groups in total. The molecule has 4 heteroatoms. The van der Waals surface area contributed by atoms with E-state index in [2.05, 4.69) is 5.32 Å². The molecule has 1 atom stereocenters. The summed E-state index contributed by atoms with van der Waals surface area (Å²) in [5.41, 5.74) is 0.971. The molecule has 1 unspecified atom stereocenters. The summed E-state index contributed by atoms with van der Waals surface area (Å²) in [4.78, 5) is 25.6. The van der Waals surface area contributed by atoms with E-state index in [1.54, 1.807) is 0 Å². The molecule has 0 bridgehead atoms. The van der Waals surface area contributed by atoms with E-state index in [1.165, 1.54) is 0 Å². The van der Waals surface area contributed by atoms with E-state index in [1.807, 2.05) is 42.2 Å². The summed E-state index contributed by atoms with van der Waals surface area (Å²) in [5.74, 6) is 0.155. The molecule has 4 nitrogen and oxygen atoms in total. The van der Waals surface area contributed by atoms with Gasteiger partial charge in [0.2, 0.25) is 5.91 Å². The standard InChI is InChI=1S/C14H18N2O2/c1-2-12(17)14(11-6-4-3-5-7-11)16-9-8-15-13(18)10-16/h3-7,14H,2,8-10H2,1H3,(H,15,18). The van der Waals surface area contributed by atoms with Crippen LogP contribution in [-0.4, -0.2) is 36.2 Å². The molecule has 1 aliphatic rings. The first-order chi connectivity index (χ1) is 8.72. The Hall–Kier alpha value is -1.68. The first kappa shape index (κ1) is 12.8. The zero-order valence-electron chi connectivity index (χ0n) is 10.6. The van der Waals surface area contributed by atoms with Crippen LogP contribution in [0.25, 0.3) is 0 Å². The van der Waals surface area contributed by atoms with Crippen LogP contribution in [0, 0.1) is 0 Å². The van der Waals surface area contributed by atoms with E-state index >= 15 is 0 Å². The Morgan fingerprint density at radius 2 is 2.11 bits per heavy atom. The molecular weight excluding hydrogens is 228 g/mol. The zero-order valence-corrected chi connectivity index (χ0v) is 10.6. The van der Waals surface area contributed by atoms with Crippen molar-refractivity contribution in [2.24, 2.45) is 0 Å². The molecule has 96 valence electrons. The van der Waals surface area contributed by atoms with Crippen LogP contribution >= 0.6 is 0 Å². The normalized spacial score (nSPS) is 18.2. The van der Waals surface area contributed by atoms with E-state index in [-0.39, 0.29) is 17.7 Å². The van der Waals surface area contributed by atoms with E-state index < -0.39 is 0 Å². The molecule has 18 heavy (non-hydrogen) atoms. The van der Waals surface area contributed by atoms with Gasteiger partial charge in [-0.25, -0.2) is 0 Å². The van der Waals surface area contributed by atoms with Gasteiger partial charge in [-0.2, -0.15) is 0 Å². The average molecular weight is 246 g/mol. The Kier molecular flexibility index (Phi) is 4.10. The number of carbonyl (C=O) groups excluding carboxylic acids is 2. The summed E-state index contributed by atoms with van der Waals surface area (Å²) < 4.78 is 0. The van der Waals surface area contributed by atoms with Gasteiger partial charge in [-0.3, -0.25) is 14.5 Å².